The first kappa shape index (κ1) is 23.1. The third-order valence-corrected chi connectivity index (χ3v) is 7.78. The zero-order valence-corrected chi connectivity index (χ0v) is 20.4. The van der Waals surface area contributed by atoms with E-state index in [1.54, 1.807) is 11.3 Å². The molecule has 3 amide bonds. The van der Waals surface area contributed by atoms with Gasteiger partial charge in [-0.15, -0.1) is 11.3 Å². The number of piperazine rings is 1. The van der Waals surface area contributed by atoms with Gasteiger partial charge in [-0.1, -0.05) is 72.3 Å². The van der Waals surface area contributed by atoms with E-state index in [9.17, 15) is 9.59 Å². The molecule has 2 fully saturated rings. The number of amides is 3. The molecule has 0 spiro atoms. The lowest BCUT2D eigenvalue weighted by Gasteiger charge is -2.36. The predicted molar refractivity (Wildman–Crippen MR) is 135 cm³/mol. The number of benzene rings is 2. The number of carbonyl (C=O) groups excluding carboxylic acids is 2. The van der Waals surface area contributed by atoms with Crippen LogP contribution in [0.1, 0.15) is 16.0 Å². The number of urea groups is 1. The van der Waals surface area contributed by atoms with Gasteiger partial charge in [-0.2, -0.15) is 0 Å². The lowest BCUT2D eigenvalue weighted by Crippen LogP contribution is -2.51. The highest BCUT2D eigenvalue weighted by Gasteiger charge is 2.52. The number of imide groups is 1. The van der Waals surface area contributed by atoms with Crippen molar-refractivity contribution in [1.82, 2.24) is 20.0 Å². The minimum absolute atomic E-state index is 0.191. The Morgan fingerprint density at radius 1 is 0.853 bits per heavy atom. The maximum atomic E-state index is 13.8. The summed E-state index contributed by atoms with van der Waals surface area (Å²) in [7, 11) is 0. The van der Waals surface area contributed by atoms with Gasteiger partial charge in [-0.05, 0) is 23.3 Å². The Hall–Kier alpha value is -2.71. The minimum Gasteiger partial charge on any atom is -0.319 e. The molecule has 0 aliphatic carbocycles. The van der Waals surface area contributed by atoms with Crippen molar-refractivity contribution < 1.29 is 9.59 Å². The van der Waals surface area contributed by atoms with Crippen LogP contribution in [0.15, 0.2) is 72.8 Å². The lowest BCUT2D eigenvalue weighted by atomic mass is 9.83. The molecule has 3 aromatic rings. The second-order valence-corrected chi connectivity index (χ2v) is 10.6. The summed E-state index contributed by atoms with van der Waals surface area (Å²) in [5.41, 5.74) is 0.711. The highest BCUT2D eigenvalue weighted by molar-refractivity contribution is 7.16. The van der Waals surface area contributed by atoms with Gasteiger partial charge in [0.25, 0.3) is 5.91 Å². The van der Waals surface area contributed by atoms with Gasteiger partial charge in [0, 0.05) is 44.0 Å². The largest absolute Gasteiger partial charge is 0.326 e. The van der Waals surface area contributed by atoms with Crippen LogP contribution < -0.4 is 5.32 Å². The highest BCUT2D eigenvalue weighted by Crippen LogP contribution is 2.33. The van der Waals surface area contributed by atoms with Gasteiger partial charge in [-0.3, -0.25) is 14.6 Å². The molecule has 0 bridgehead atoms. The molecule has 1 N–H and O–H groups in total. The monoisotopic (exact) mass is 494 g/mol. The molecule has 2 saturated heterocycles. The minimum atomic E-state index is -1.10. The summed E-state index contributed by atoms with van der Waals surface area (Å²) in [4.78, 5) is 34.1. The van der Waals surface area contributed by atoms with Crippen molar-refractivity contribution in [2.24, 2.45) is 0 Å². The van der Waals surface area contributed by atoms with Crippen molar-refractivity contribution in [1.29, 1.82) is 0 Å². The van der Waals surface area contributed by atoms with Crippen LogP contribution in [0.3, 0.4) is 0 Å². The van der Waals surface area contributed by atoms with Crippen LogP contribution in [0, 0.1) is 0 Å². The molecule has 1 aromatic heterocycles. The first-order valence-corrected chi connectivity index (χ1v) is 12.7. The van der Waals surface area contributed by atoms with Crippen LogP contribution in [0.5, 0.6) is 0 Å². The van der Waals surface area contributed by atoms with Gasteiger partial charge in [-0.25, -0.2) is 9.69 Å². The van der Waals surface area contributed by atoms with Crippen molar-refractivity contribution in [3.8, 4) is 0 Å². The van der Waals surface area contributed by atoms with Crippen molar-refractivity contribution in [3.63, 3.8) is 0 Å². The molecule has 6 nitrogen and oxygen atoms in total. The number of thiophene rings is 1. The van der Waals surface area contributed by atoms with Crippen molar-refractivity contribution in [3.05, 3.63) is 93.1 Å². The normalized spacial score (nSPS) is 21.7. The molecule has 1 atom stereocenters. The van der Waals surface area contributed by atoms with Crippen molar-refractivity contribution in [2.45, 2.75) is 18.5 Å². The zero-order chi connectivity index (χ0) is 23.5. The Morgan fingerprint density at radius 2 is 1.50 bits per heavy atom. The molecular weight excluding hydrogens is 468 g/mol. The molecule has 3 heterocycles. The summed E-state index contributed by atoms with van der Waals surface area (Å²) in [6.07, 6.45) is 0.413. The highest BCUT2D eigenvalue weighted by atomic mass is 35.5. The van der Waals surface area contributed by atoms with E-state index in [-0.39, 0.29) is 11.9 Å². The summed E-state index contributed by atoms with van der Waals surface area (Å²) in [5.74, 6) is -0.191. The number of halogens is 1. The van der Waals surface area contributed by atoms with E-state index in [4.69, 9.17) is 11.6 Å². The SMILES string of the molecule is O=C1NC(Cc2ccccc2)(c2ccccc2)C(=O)N1CN1CCN(Cc2ccc(Cl)s2)CC1. The summed E-state index contributed by atoms with van der Waals surface area (Å²) < 4.78 is 0.810. The topological polar surface area (TPSA) is 55.9 Å². The Bertz CT molecular complexity index is 1150. The molecule has 2 aliphatic rings. The Balaban J connectivity index is 1.29. The number of carbonyl (C=O) groups is 2. The Morgan fingerprint density at radius 3 is 2.15 bits per heavy atom. The molecule has 8 heteroatoms. The van der Waals surface area contributed by atoms with Crippen LogP contribution in [0.25, 0.3) is 0 Å². The third-order valence-electron chi connectivity index (χ3n) is 6.57. The Labute approximate surface area is 208 Å². The standard InChI is InChI=1S/C26H27ClN4O2S/c27-23-12-11-22(34-23)18-29-13-15-30(16-14-29)19-31-24(32)26(28-25(31)33,21-9-5-2-6-10-21)17-20-7-3-1-4-8-20/h1-12H,13-19H2,(H,28,33). The van der Waals surface area contributed by atoms with Gasteiger partial charge in [0.15, 0.2) is 5.54 Å². The van der Waals surface area contributed by atoms with E-state index < -0.39 is 5.54 Å². The van der Waals surface area contributed by atoms with E-state index in [0.29, 0.717) is 13.1 Å². The van der Waals surface area contributed by atoms with Gasteiger partial charge in [0.1, 0.15) is 0 Å². The van der Waals surface area contributed by atoms with Gasteiger partial charge >= 0.3 is 6.03 Å². The fraction of sp³-hybridized carbons (Fsp3) is 0.308. The second-order valence-electron chi connectivity index (χ2n) is 8.84. The molecule has 0 saturated carbocycles. The summed E-state index contributed by atoms with van der Waals surface area (Å²) in [6, 6.07) is 23.1. The fourth-order valence-corrected chi connectivity index (χ4v) is 5.87. The van der Waals surface area contributed by atoms with Gasteiger partial charge < -0.3 is 5.32 Å². The number of nitrogens with zero attached hydrogens (tertiary/aromatic N) is 3. The van der Waals surface area contributed by atoms with Crippen LogP contribution in [-0.4, -0.2) is 59.5 Å². The maximum Gasteiger partial charge on any atom is 0.326 e. The van der Waals surface area contributed by atoms with Crippen molar-refractivity contribution >= 4 is 34.9 Å². The zero-order valence-electron chi connectivity index (χ0n) is 18.8. The van der Waals surface area contributed by atoms with Crippen LogP contribution in [0.2, 0.25) is 4.34 Å². The van der Waals surface area contributed by atoms with Gasteiger partial charge in [0.2, 0.25) is 0 Å². The van der Waals surface area contributed by atoms with Crippen LogP contribution in [0.4, 0.5) is 4.79 Å². The van der Waals surface area contributed by atoms with E-state index in [2.05, 4.69) is 21.2 Å². The average molecular weight is 495 g/mol. The van der Waals surface area contributed by atoms with E-state index in [1.807, 2.05) is 66.7 Å². The Kier molecular flexibility index (Phi) is 6.70. The number of rotatable bonds is 7. The molecule has 0 radical (unpaired) electrons. The van der Waals surface area contributed by atoms with E-state index in [1.165, 1.54) is 9.78 Å². The molecule has 2 aromatic carbocycles. The van der Waals surface area contributed by atoms with Gasteiger partial charge in [0.05, 0.1) is 11.0 Å². The van der Waals surface area contributed by atoms with Crippen molar-refractivity contribution in [2.75, 3.05) is 32.8 Å². The smallest absolute Gasteiger partial charge is 0.319 e. The molecule has 2 aliphatic heterocycles. The second kappa shape index (κ2) is 9.88. The lowest BCUT2D eigenvalue weighted by molar-refractivity contribution is -0.133. The number of hydrogen-bond acceptors (Lipinski definition) is 5. The first-order chi connectivity index (χ1) is 16.5. The van der Waals surface area contributed by atoms with Crippen LogP contribution in [-0.2, 0) is 23.3 Å². The average Bonchev–Trinajstić information content (AvgIpc) is 3.37. The fourth-order valence-electron chi connectivity index (χ4n) is 4.74. The van der Waals surface area contributed by atoms with Crippen LogP contribution >= 0.6 is 22.9 Å². The predicted octanol–water partition coefficient (Wildman–Crippen LogP) is 4.17. The summed E-state index contributed by atoms with van der Waals surface area (Å²) in [5, 5.41) is 3.05. The summed E-state index contributed by atoms with van der Waals surface area (Å²) in [6.45, 7) is 4.54. The molecular formula is C26H27ClN4O2S. The van der Waals surface area contributed by atoms with E-state index in [0.717, 1.165) is 48.2 Å². The number of hydrogen-bond donors (Lipinski definition) is 1. The quantitative estimate of drug-likeness (QED) is 0.501. The number of nitrogens with one attached hydrogen (secondary N) is 1. The maximum absolute atomic E-state index is 13.8. The molecule has 1 unspecified atom stereocenters. The van der Waals surface area contributed by atoms with E-state index >= 15 is 0 Å². The molecule has 5 rings (SSSR count). The molecule has 34 heavy (non-hydrogen) atoms. The first-order valence-electron chi connectivity index (χ1n) is 11.5. The summed E-state index contributed by atoms with van der Waals surface area (Å²) >= 11 is 7.67. The third kappa shape index (κ3) is 4.74. The molecule has 176 valence electrons.